The van der Waals surface area contributed by atoms with Crippen LogP contribution in [0, 0.1) is 0 Å². The monoisotopic (exact) mass is 364 g/mol. The molecule has 0 radical (unpaired) electrons. The smallest absolute Gasteiger partial charge is 0.294 e. The third kappa shape index (κ3) is 3.04. The summed E-state index contributed by atoms with van der Waals surface area (Å²) >= 11 is 1.14. The molecule has 0 spiro atoms. The lowest BCUT2D eigenvalue weighted by molar-refractivity contribution is 0.0971. The van der Waals surface area contributed by atoms with E-state index in [1.807, 2.05) is 54.6 Å². The number of methoxy groups -OCH3 is 1. The van der Waals surface area contributed by atoms with E-state index in [1.54, 1.807) is 6.20 Å². The first-order valence-corrected chi connectivity index (χ1v) is 8.83. The molecule has 0 saturated carbocycles. The molecule has 0 fully saturated rings. The third-order valence-corrected chi connectivity index (χ3v) is 4.78. The number of nitrogens with one attached hydrogen (secondary N) is 2. The lowest BCUT2D eigenvalue weighted by Crippen LogP contribution is -2.21. The van der Waals surface area contributed by atoms with Crippen LogP contribution in [0.1, 0.15) is 22.0 Å². The van der Waals surface area contributed by atoms with E-state index in [2.05, 4.69) is 19.7 Å². The van der Waals surface area contributed by atoms with Crippen molar-refractivity contribution in [1.29, 1.82) is 0 Å². The van der Waals surface area contributed by atoms with E-state index >= 15 is 0 Å². The highest BCUT2D eigenvalue weighted by Crippen LogP contribution is 2.28. The Bertz CT molecular complexity index is 1040. The van der Waals surface area contributed by atoms with Crippen molar-refractivity contribution in [3.05, 3.63) is 71.9 Å². The van der Waals surface area contributed by atoms with Crippen molar-refractivity contribution in [3.63, 3.8) is 0 Å². The lowest BCUT2D eigenvalue weighted by atomic mass is 9.97. The van der Waals surface area contributed by atoms with Crippen LogP contribution in [0.5, 0.6) is 5.19 Å². The van der Waals surface area contributed by atoms with Gasteiger partial charge in [0.2, 0.25) is 5.95 Å². The summed E-state index contributed by atoms with van der Waals surface area (Å²) in [5.41, 5.74) is 2.40. The van der Waals surface area contributed by atoms with Crippen molar-refractivity contribution < 1.29 is 9.53 Å². The molecule has 7 heteroatoms. The number of aromatic nitrogens is 3. The number of Topliss-reactive ketones (excluding diaryl/α,β-unsaturated/α-hetero) is 1. The molecule has 2 aromatic carbocycles. The Labute approximate surface area is 154 Å². The molecule has 2 aromatic heterocycles. The van der Waals surface area contributed by atoms with Gasteiger partial charge in [0.15, 0.2) is 5.78 Å². The van der Waals surface area contributed by atoms with Crippen LogP contribution in [-0.4, -0.2) is 27.2 Å². The van der Waals surface area contributed by atoms with E-state index in [-0.39, 0.29) is 5.78 Å². The zero-order chi connectivity index (χ0) is 17.9. The van der Waals surface area contributed by atoms with Crippen molar-refractivity contribution >= 4 is 34.2 Å². The topological polar surface area (TPSA) is 79.9 Å². The summed E-state index contributed by atoms with van der Waals surface area (Å²) < 4.78 is 9.30. The fourth-order valence-electron chi connectivity index (χ4n) is 2.86. The minimum absolute atomic E-state index is 0.0533. The SMILES string of the molecule is COc1nc(NC(C(=O)c2c[nH]c3ccccc23)c2ccccc2)ns1. The number of fused-ring (bicyclic) bond motifs is 1. The van der Waals surface area contributed by atoms with E-state index in [9.17, 15) is 4.79 Å². The minimum atomic E-state index is -0.602. The summed E-state index contributed by atoms with van der Waals surface area (Å²) in [6, 6.07) is 16.7. The second kappa shape index (κ2) is 6.97. The van der Waals surface area contributed by atoms with Gasteiger partial charge in [-0.2, -0.15) is 4.98 Å². The Balaban J connectivity index is 1.73. The highest BCUT2D eigenvalue weighted by molar-refractivity contribution is 7.07. The molecule has 6 nitrogen and oxygen atoms in total. The van der Waals surface area contributed by atoms with Crippen molar-refractivity contribution in [2.24, 2.45) is 0 Å². The summed E-state index contributed by atoms with van der Waals surface area (Å²) in [5.74, 6) is 0.316. The van der Waals surface area contributed by atoms with Gasteiger partial charge in [0.25, 0.3) is 5.19 Å². The maximum absolute atomic E-state index is 13.3. The number of hydrogen-bond acceptors (Lipinski definition) is 6. The first-order valence-electron chi connectivity index (χ1n) is 8.06. The standard InChI is InChI=1S/C19H16N4O2S/c1-25-19-22-18(23-26-19)21-16(12-7-3-2-4-8-12)17(24)14-11-20-15-10-6-5-9-13(14)15/h2-11,16,20H,1H3,(H,21,23). The van der Waals surface area contributed by atoms with Gasteiger partial charge in [0.1, 0.15) is 6.04 Å². The van der Waals surface area contributed by atoms with Gasteiger partial charge in [-0.1, -0.05) is 48.5 Å². The van der Waals surface area contributed by atoms with Gasteiger partial charge in [-0.25, -0.2) is 0 Å². The van der Waals surface area contributed by atoms with E-state index in [1.165, 1.54) is 7.11 Å². The fourth-order valence-corrected chi connectivity index (χ4v) is 3.32. The van der Waals surface area contributed by atoms with Crippen LogP contribution in [0.15, 0.2) is 60.8 Å². The third-order valence-electron chi connectivity index (χ3n) is 4.11. The average Bonchev–Trinajstić information content (AvgIpc) is 3.33. The Morgan fingerprint density at radius 3 is 2.69 bits per heavy atom. The van der Waals surface area contributed by atoms with Crippen molar-refractivity contribution in [2.45, 2.75) is 6.04 Å². The largest absolute Gasteiger partial charge is 0.472 e. The maximum Gasteiger partial charge on any atom is 0.294 e. The molecular formula is C19H16N4O2S. The molecule has 4 rings (SSSR count). The second-order valence-electron chi connectivity index (χ2n) is 5.69. The Morgan fingerprint density at radius 2 is 1.92 bits per heavy atom. The first-order chi connectivity index (χ1) is 12.8. The Morgan fingerprint density at radius 1 is 1.15 bits per heavy atom. The van der Waals surface area contributed by atoms with E-state index in [4.69, 9.17) is 4.74 Å². The number of hydrogen-bond donors (Lipinski definition) is 2. The quantitative estimate of drug-likeness (QED) is 0.504. The zero-order valence-corrected chi connectivity index (χ0v) is 14.8. The lowest BCUT2D eigenvalue weighted by Gasteiger charge is -2.17. The molecule has 2 N–H and O–H groups in total. The van der Waals surface area contributed by atoms with Crippen LogP contribution in [0.25, 0.3) is 10.9 Å². The molecule has 2 heterocycles. The average molecular weight is 364 g/mol. The summed E-state index contributed by atoms with van der Waals surface area (Å²) in [5, 5.41) is 4.48. The number of ketones is 1. The maximum atomic E-state index is 13.3. The second-order valence-corrected chi connectivity index (χ2v) is 6.40. The molecule has 1 atom stereocenters. The number of para-hydroxylation sites is 1. The number of anilines is 1. The normalized spacial score (nSPS) is 12.0. The van der Waals surface area contributed by atoms with Crippen LogP contribution in [0.3, 0.4) is 0 Å². The van der Waals surface area contributed by atoms with Gasteiger partial charge < -0.3 is 15.0 Å². The van der Waals surface area contributed by atoms with E-state index in [0.717, 1.165) is 28.0 Å². The van der Waals surface area contributed by atoms with Crippen molar-refractivity contribution in [3.8, 4) is 5.19 Å². The van der Waals surface area contributed by atoms with Crippen LogP contribution in [0.2, 0.25) is 0 Å². The molecule has 0 aliphatic rings. The van der Waals surface area contributed by atoms with E-state index < -0.39 is 6.04 Å². The van der Waals surface area contributed by atoms with Crippen LogP contribution >= 0.6 is 11.5 Å². The first kappa shape index (κ1) is 16.3. The summed E-state index contributed by atoms with van der Waals surface area (Å²) in [7, 11) is 1.54. The van der Waals surface area contributed by atoms with Gasteiger partial charge in [-0.3, -0.25) is 4.79 Å². The van der Waals surface area contributed by atoms with Crippen molar-refractivity contribution in [1.82, 2.24) is 14.3 Å². The highest BCUT2D eigenvalue weighted by atomic mass is 32.1. The molecule has 0 aliphatic carbocycles. The molecule has 0 amide bonds. The molecule has 0 bridgehead atoms. The summed E-state index contributed by atoms with van der Waals surface area (Å²) in [4.78, 5) is 20.7. The van der Waals surface area contributed by atoms with Gasteiger partial charge in [0.05, 0.1) is 7.11 Å². The van der Waals surface area contributed by atoms with Gasteiger partial charge >= 0.3 is 0 Å². The predicted octanol–water partition coefficient (Wildman–Crippen LogP) is 4.06. The molecule has 26 heavy (non-hydrogen) atoms. The number of ether oxygens (including phenoxy) is 1. The predicted molar refractivity (Wildman–Crippen MR) is 102 cm³/mol. The summed E-state index contributed by atoms with van der Waals surface area (Å²) in [6.45, 7) is 0. The van der Waals surface area contributed by atoms with Crippen LogP contribution < -0.4 is 10.1 Å². The molecule has 1 unspecified atom stereocenters. The number of nitrogens with zero attached hydrogens (tertiary/aromatic N) is 2. The fraction of sp³-hybridized carbons (Fsp3) is 0.105. The number of H-pyrrole nitrogens is 1. The van der Waals surface area contributed by atoms with Gasteiger partial charge in [-0.05, 0) is 11.6 Å². The molecular weight excluding hydrogens is 348 g/mol. The number of aromatic amines is 1. The number of benzene rings is 2. The summed E-state index contributed by atoms with van der Waals surface area (Å²) in [6.07, 6.45) is 1.75. The Kier molecular flexibility index (Phi) is 4.37. The van der Waals surface area contributed by atoms with Gasteiger partial charge in [-0.15, -0.1) is 4.37 Å². The highest BCUT2D eigenvalue weighted by Gasteiger charge is 2.25. The molecule has 0 aliphatic heterocycles. The molecule has 130 valence electrons. The van der Waals surface area contributed by atoms with Crippen LogP contribution in [-0.2, 0) is 0 Å². The van der Waals surface area contributed by atoms with Crippen LogP contribution in [0.4, 0.5) is 5.95 Å². The molecule has 4 aromatic rings. The molecule has 0 saturated heterocycles. The number of carbonyl (C=O) groups is 1. The zero-order valence-electron chi connectivity index (χ0n) is 14.0. The van der Waals surface area contributed by atoms with Crippen molar-refractivity contribution in [2.75, 3.05) is 12.4 Å². The Hall–Kier alpha value is -3.19. The number of rotatable bonds is 6. The van der Waals surface area contributed by atoms with E-state index in [0.29, 0.717) is 16.7 Å². The number of carbonyl (C=O) groups excluding carboxylic acids is 1. The minimum Gasteiger partial charge on any atom is -0.472 e. The van der Waals surface area contributed by atoms with Gasteiger partial charge in [0, 0.05) is 34.2 Å².